The third-order valence-electron chi connectivity index (χ3n) is 1.02. The third-order valence-corrected chi connectivity index (χ3v) is 1.74. The van der Waals surface area contributed by atoms with E-state index in [4.69, 9.17) is 15.0 Å². The predicted octanol–water partition coefficient (Wildman–Crippen LogP) is 1.75. The van der Waals surface area contributed by atoms with Gasteiger partial charge >= 0.3 is 0 Å². The summed E-state index contributed by atoms with van der Waals surface area (Å²) in [6, 6.07) is 1.61. The molecule has 0 aliphatic heterocycles. The van der Waals surface area contributed by atoms with E-state index >= 15 is 0 Å². The average molecular weight is 202 g/mol. The van der Waals surface area contributed by atoms with Crippen LogP contribution in [0.3, 0.4) is 0 Å². The van der Waals surface area contributed by atoms with Crippen molar-refractivity contribution in [2.24, 2.45) is 0 Å². The fourth-order valence-corrected chi connectivity index (χ4v) is 1.24. The van der Waals surface area contributed by atoms with E-state index in [1.165, 1.54) is 18.3 Å². The van der Waals surface area contributed by atoms with E-state index in [0.29, 0.717) is 5.56 Å². The van der Waals surface area contributed by atoms with E-state index < -0.39 is 5.97 Å². The number of rotatable bonds is 1. The molecule has 1 aromatic rings. The lowest BCUT2D eigenvalue weighted by Crippen LogP contribution is -1.86. The summed E-state index contributed by atoms with van der Waals surface area (Å²) in [5, 5.41) is 18.1. The number of aromatic hydroxyl groups is 1. The Hall–Kier alpha value is -1.36. The minimum absolute atomic E-state index is 0.0891. The third kappa shape index (κ3) is 4.97. The molecule has 0 unspecified atom stereocenters. The first kappa shape index (κ1) is 11.6. The number of aliphatic carboxylic acids is 1. The summed E-state index contributed by atoms with van der Waals surface area (Å²) in [5.74, 6) is -0.922. The Morgan fingerprint density at radius 2 is 1.85 bits per heavy atom. The summed E-state index contributed by atoms with van der Waals surface area (Å²) in [7, 11) is 0. The molecule has 4 nitrogen and oxygen atoms in total. The second-order valence-corrected chi connectivity index (χ2v) is 3.11. The molecule has 0 aliphatic carbocycles. The van der Waals surface area contributed by atoms with Crippen molar-refractivity contribution in [2.45, 2.75) is 13.8 Å². The van der Waals surface area contributed by atoms with Crippen molar-refractivity contribution in [2.75, 3.05) is 0 Å². The molecule has 0 saturated heterocycles. The second kappa shape index (κ2) is 5.31. The molecule has 0 fully saturated rings. The fourth-order valence-electron chi connectivity index (χ4n) is 0.569. The Morgan fingerprint density at radius 3 is 2.00 bits per heavy atom. The van der Waals surface area contributed by atoms with Crippen LogP contribution in [0.15, 0.2) is 11.4 Å². The lowest BCUT2D eigenvalue weighted by Gasteiger charge is -1.86. The summed E-state index contributed by atoms with van der Waals surface area (Å²) >= 11 is 1.17. The molecule has 72 valence electrons. The standard InChI is InChI=1S/C6H6O2S.C2H4O2/c1-4(7)5-2-3-9-6(5)8;1-2(3)4/h2-3,8H,1H3;1H3,(H,3,4). The van der Waals surface area contributed by atoms with Gasteiger partial charge in [-0.15, -0.1) is 11.3 Å². The lowest BCUT2D eigenvalue weighted by molar-refractivity contribution is -0.134. The van der Waals surface area contributed by atoms with Gasteiger partial charge < -0.3 is 10.2 Å². The highest BCUT2D eigenvalue weighted by atomic mass is 32.1. The van der Waals surface area contributed by atoms with Crippen LogP contribution in [0.1, 0.15) is 24.2 Å². The first-order valence-corrected chi connectivity index (χ1v) is 4.30. The van der Waals surface area contributed by atoms with Crippen LogP contribution in [0.5, 0.6) is 5.06 Å². The van der Waals surface area contributed by atoms with E-state index in [1.54, 1.807) is 11.4 Å². The van der Waals surface area contributed by atoms with Crippen molar-refractivity contribution in [3.8, 4) is 5.06 Å². The van der Waals surface area contributed by atoms with Gasteiger partial charge in [-0.3, -0.25) is 9.59 Å². The van der Waals surface area contributed by atoms with Crippen molar-refractivity contribution in [3.63, 3.8) is 0 Å². The van der Waals surface area contributed by atoms with E-state index in [2.05, 4.69) is 0 Å². The molecular weight excluding hydrogens is 192 g/mol. The lowest BCUT2D eigenvalue weighted by atomic mass is 10.2. The SMILES string of the molecule is CC(=O)O.CC(=O)c1ccsc1O. The van der Waals surface area contributed by atoms with Crippen LogP contribution in [0, 0.1) is 0 Å². The average Bonchev–Trinajstić information content (AvgIpc) is 2.33. The molecular formula is C8H10O4S. The number of carbonyl (C=O) groups is 2. The number of carbonyl (C=O) groups excluding carboxylic acids is 1. The maximum atomic E-state index is 10.6. The topological polar surface area (TPSA) is 74.6 Å². The molecule has 0 aliphatic rings. The van der Waals surface area contributed by atoms with Crippen molar-refractivity contribution in [1.82, 2.24) is 0 Å². The van der Waals surface area contributed by atoms with Gasteiger partial charge in [-0.05, 0) is 18.4 Å². The van der Waals surface area contributed by atoms with Gasteiger partial charge in [0.2, 0.25) is 0 Å². The Kier molecular flexibility index (Phi) is 4.76. The van der Waals surface area contributed by atoms with Gasteiger partial charge in [0.1, 0.15) is 0 Å². The number of ketones is 1. The second-order valence-electron chi connectivity index (χ2n) is 2.21. The Balaban J connectivity index is 0.000000310. The molecule has 0 atom stereocenters. The van der Waals surface area contributed by atoms with Crippen molar-refractivity contribution < 1.29 is 19.8 Å². The predicted molar refractivity (Wildman–Crippen MR) is 49.3 cm³/mol. The number of Topliss-reactive ketones (excluding diaryl/α,β-unsaturated/α-hetero) is 1. The van der Waals surface area contributed by atoms with E-state index in [0.717, 1.165) is 6.92 Å². The van der Waals surface area contributed by atoms with Crippen LogP contribution in [-0.2, 0) is 4.79 Å². The molecule has 0 radical (unpaired) electrons. The number of hydrogen-bond donors (Lipinski definition) is 2. The molecule has 1 aromatic heterocycles. The molecule has 1 heterocycles. The minimum Gasteiger partial charge on any atom is -0.499 e. The van der Waals surface area contributed by atoms with E-state index in [-0.39, 0.29) is 10.8 Å². The largest absolute Gasteiger partial charge is 0.499 e. The molecule has 1 rings (SSSR count). The van der Waals surface area contributed by atoms with Crippen LogP contribution in [0.2, 0.25) is 0 Å². The van der Waals surface area contributed by atoms with Gasteiger partial charge in [-0.1, -0.05) is 0 Å². The van der Waals surface area contributed by atoms with Crippen LogP contribution < -0.4 is 0 Å². The smallest absolute Gasteiger partial charge is 0.300 e. The van der Waals surface area contributed by atoms with Crippen molar-refractivity contribution in [3.05, 3.63) is 17.0 Å². The molecule has 0 amide bonds. The van der Waals surface area contributed by atoms with Gasteiger partial charge in [0.15, 0.2) is 10.8 Å². The highest BCUT2D eigenvalue weighted by molar-refractivity contribution is 7.12. The quantitative estimate of drug-likeness (QED) is 0.680. The van der Waals surface area contributed by atoms with Gasteiger partial charge in [-0.2, -0.15) is 0 Å². The van der Waals surface area contributed by atoms with E-state index in [9.17, 15) is 4.79 Å². The number of carboxylic acid groups (broad SMARTS) is 1. The normalized spacial score (nSPS) is 8.46. The summed E-state index contributed by atoms with van der Waals surface area (Å²) in [4.78, 5) is 19.6. The van der Waals surface area contributed by atoms with Gasteiger partial charge in [0.05, 0.1) is 5.56 Å². The van der Waals surface area contributed by atoms with Crippen LogP contribution >= 0.6 is 11.3 Å². The number of thiophene rings is 1. The minimum atomic E-state index is -0.833. The number of carboxylic acids is 1. The van der Waals surface area contributed by atoms with Crippen LogP contribution in [0.4, 0.5) is 0 Å². The summed E-state index contributed by atoms with van der Waals surface area (Å²) in [6.07, 6.45) is 0. The number of hydrogen-bond acceptors (Lipinski definition) is 4. The zero-order chi connectivity index (χ0) is 10.4. The van der Waals surface area contributed by atoms with Gasteiger partial charge in [-0.25, -0.2) is 0 Å². The highest BCUT2D eigenvalue weighted by Gasteiger charge is 2.05. The molecule has 0 spiro atoms. The molecule has 2 N–H and O–H groups in total. The van der Waals surface area contributed by atoms with Crippen molar-refractivity contribution >= 4 is 23.1 Å². The monoisotopic (exact) mass is 202 g/mol. The Morgan fingerprint density at radius 1 is 1.38 bits per heavy atom. The zero-order valence-corrected chi connectivity index (χ0v) is 8.09. The summed E-state index contributed by atoms with van der Waals surface area (Å²) in [5.41, 5.74) is 0.417. The summed E-state index contributed by atoms with van der Waals surface area (Å²) < 4.78 is 0. The maximum absolute atomic E-state index is 10.6. The summed E-state index contributed by atoms with van der Waals surface area (Å²) in [6.45, 7) is 2.52. The van der Waals surface area contributed by atoms with Gasteiger partial charge in [0, 0.05) is 6.92 Å². The Bertz CT molecular complexity index is 299. The molecule has 0 saturated carbocycles. The first-order valence-electron chi connectivity index (χ1n) is 3.42. The fraction of sp³-hybridized carbons (Fsp3) is 0.250. The van der Waals surface area contributed by atoms with Crippen LogP contribution in [0.25, 0.3) is 0 Å². The highest BCUT2D eigenvalue weighted by Crippen LogP contribution is 2.23. The first-order chi connectivity index (χ1) is 5.95. The Labute approximate surface area is 79.4 Å². The van der Waals surface area contributed by atoms with E-state index in [1.807, 2.05) is 0 Å². The molecule has 0 bridgehead atoms. The molecule has 0 aromatic carbocycles. The molecule has 13 heavy (non-hydrogen) atoms. The van der Waals surface area contributed by atoms with Crippen molar-refractivity contribution in [1.29, 1.82) is 0 Å². The zero-order valence-electron chi connectivity index (χ0n) is 7.27. The maximum Gasteiger partial charge on any atom is 0.300 e. The van der Waals surface area contributed by atoms with Gasteiger partial charge in [0.25, 0.3) is 5.97 Å². The molecule has 5 heteroatoms. The van der Waals surface area contributed by atoms with Crippen LogP contribution in [-0.4, -0.2) is 22.0 Å².